The van der Waals surface area contributed by atoms with Crippen molar-refractivity contribution in [2.24, 2.45) is 5.92 Å². The number of carbonyl (C=O) groups is 2. The summed E-state index contributed by atoms with van der Waals surface area (Å²) >= 11 is 0. The average molecular weight is 308 g/mol. The van der Waals surface area contributed by atoms with E-state index in [1.807, 2.05) is 0 Å². The molecule has 1 aliphatic carbocycles. The van der Waals surface area contributed by atoms with Crippen LogP contribution in [0.3, 0.4) is 0 Å². The molecule has 6 heteroatoms. The largest absolute Gasteiger partial charge is 0.465 e. The van der Waals surface area contributed by atoms with Crippen LogP contribution < -0.4 is 10.6 Å². The van der Waals surface area contributed by atoms with Gasteiger partial charge in [0.15, 0.2) is 0 Å². The first-order chi connectivity index (χ1) is 10.6. The van der Waals surface area contributed by atoms with Crippen molar-refractivity contribution in [3.63, 3.8) is 0 Å². The summed E-state index contributed by atoms with van der Waals surface area (Å²) in [6, 6.07) is 3.72. The molecule has 0 radical (unpaired) electrons. The molecule has 1 saturated carbocycles. The van der Waals surface area contributed by atoms with Crippen molar-refractivity contribution in [3.8, 4) is 0 Å². The van der Waals surface area contributed by atoms with Gasteiger partial charge in [-0.2, -0.15) is 0 Å². The maximum Gasteiger partial charge on any atom is 0.337 e. The lowest BCUT2D eigenvalue weighted by Gasteiger charge is -2.11. The van der Waals surface area contributed by atoms with Crippen LogP contribution in [0.1, 0.15) is 36.0 Å². The molecule has 2 N–H and O–H groups in total. The molecule has 0 saturated heterocycles. The van der Waals surface area contributed by atoms with Crippen LogP contribution in [0.5, 0.6) is 0 Å². The van der Waals surface area contributed by atoms with Crippen LogP contribution in [-0.2, 0) is 9.53 Å². The van der Waals surface area contributed by atoms with E-state index in [1.165, 1.54) is 44.9 Å². The molecule has 0 spiro atoms. The zero-order valence-electron chi connectivity index (χ0n) is 12.7. The summed E-state index contributed by atoms with van der Waals surface area (Å²) in [6.45, 7) is 0.927. The number of carbonyl (C=O) groups excluding carboxylic acids is 2. The van der Waals surface area contributed by atoms with E-state index < -0.39 is 11.8 Å². The molecule has 2 rings (SSSR count). The molecule has 0 atom stereocenters. The number of halogens is 1. The van der Waals surface area contributed by atoms with Crippen LogP contribution >= 0.6 is 0 Å². The minimum Gasteiger partial charge on any atom is -0.465 e. The number of esters is 1. The fraction of sp³-hybridized carbons (Fsp3) is 0.500. The first-order valence-electron chi connectivity index (χ1n) is 7.48. The van der Waals surface area contributed by atoms with Gasteiger partial charge in [-0.25, -0.2) is 9.18 Å². The third-order valence-electron chi connectivity index (χ3n) is 3.85. The Balaban J connectivity index is 1.86. The lowest BCUT2D eigenvalue weighted by molar-refractivity contribution is -0.115. The third-order valence-corrected chi connectivity index (χ3v) is 3.85. The van der Waals surface area contributed by atoms with Crippen LogP contribution in [0.15, 0.2) is 18.2 Å². The van der Waals surface area contributed by atoms with Gasteiger partial charge in [-0.1, -0.05) is 12.8 Å². The molecular formula is C16H21FN2O3. The molecule has 1 aromatic carbocycles. The second-order valence-corrected chi connectivity index (χ2v) is 5.52. The van der Waals surface area contributed by atoms with E-state index in [0.29, 0.717) is 5.92 Å². The number of ether oxygens (including phenoxy) is 1. The maximum atomic E-state index is 13.7. The smallest absolute Gasteiger partial charge is 0.337 e. The Morgan fingerprint density at radius 2 is 2.05 bits per heavy atom. The van der Waals surface area contributed by atoms with Gasteiger partial charge in [-0.3, -0.25) is 4.79 Å². The molecule has 1 aliphatic rings. The summed E-state index contributed by atoms with van der Waals surface area (Å²) in [4.78, 5) is 23.2. The Hall–Kier alpha value is -1.95. The molecule has 0 aliphatic heterocycles. The summed E-state index contributed by atoms with van der Waals surface area (Å²) in [5, 5.41) is 5.56. The van der Waals surface area contributed by atoms with Crippen molar-refractivity contribution >= 4 is 17.6 Å². The van der Waals surface area contributed by atoms with Gasteiger partial charge < -0.3 is 15.4 Å². The number of anilines is 1. The molecule has 120 valence electrons. The van der Waals surface area contributed by atoms with Crippen LogP contribution in [0, 0.1) is 11.7 Å². The number of hydrogen-bond acceptors (Lipinski definition) is 4. The van der Waals surface area contributed by atoms with Crippen LogP contribution in [0.4, 0.5) is 10.1 Å². The van der Waals surface area contributed by atoms with E-state index in [4.69, 9.17) is 0 Å². The number of amides is 1. The minimum atomic E-state index is -0.586. The lowest BCUT2D eigenvalue weighted by Crippen LogP contribution is -2.31. The quantitative estimate of drug-likeness (QED) is 0.792. The Morgan fingerprint density at radius 1 is 1.32 bits per heavy atom. The lowest BCUT2D eigenvalue weighted by atomic mass is 10.1. The van der Waals surface area contributed by atoms with Crippen molar-refractivity contribution in [1.29, 1.82) is 0 Å². The normalized spacial score (nSPS) is 14.8. The second-order valence-electron chi connectivity index (χ2n) is 5.52. The van der Waals surface area contributed by atoms with E-state index in [1.54, 1.807) is 0 Å². The number of nitrogens with one attached hydrogen (secondary N) is 2. The highest BCUT2D eigenvalue weighted by atomic mass is 19.1. The fourth-order valence-electron chi connectivity index (χ4n) is 2.66. The Morgan fingerprint density at radius 3 is 2.73 bits per heavy atom. The van der Waals surface area contributed by atoms with Crippen LogP contribution in [0.2, 0.25) is 0 Å². The van der Waals surface area contributed by atoms with E-state index in [0.717, 1.165) is 12.6 Å². The molecule has 1 aromatic rings. The second kappa shape index (κ2) is 7.89. The highest BCUT2D eigenvalue weighted by Gasteiger charge is 2.15. The highest BCUT2D eigenvalue weighted by molar-refractivity contribution is 5.95. The van der Waals surface area contributed by atoms with E-state index in [-0.39, 0.29) is 23.7 Å². The standard InChI is InChI=1S/C16H21FN2O3/c1-22-16(21)12-6-7-13(17)14(8-12)19-15(20)10-18-9-11-4-2-3-5-11/h6-8,11,18H,2-5,9-10H2,1H3,(H,19,20). The molecule has 22 heavy (non-hydrogen) atoms. The van der Waals surface area contributed by atoms with Gasteiger partial charge in [0.2, 0.25) is 5.91 Å². The Labute approximate surface area is 129 Å². The number of hydrogen-bond donors (Lipinski definition) is 2. The molecule has 1 fully saturated rings. The summed E-state index contributed by atoms with van der Waals surface area (Å²) in [7, 11) is 1.25. The topological polar surface area (TPSA) is 67.4 Å². The summed E-state index contributed by atoms with van der Waals surface area (Å²) < 4.78 is 18.2. The number of benzene rings is 1. The third kappa shape index (κ3) is 4.53. The predicted octanol–water partition coefficient (Wildman–Crippen LogP) is 2.33. The SMILES string of the molecule is COC(=O)c1ccc(F)c(NC(=O)CNCC2CCCC2)c1. The number of methoxy groups -OCH3 is 1. The molecule has 5 nitrogen and oxygen atoms in total. The number of rotatable bonds is 6. The van der Waals surface area contributed by atoms with Crippen molar-refractivity contribution in [2.75, 3.05) is 25.5 Å². The van der Waals surface area contributed by atoms with Crippen LogP contribution in [-0.4, -0.2) is 32.1 Å². The first-order valence-corrected chi connectivity index (χ1v) is 7.48. The molecule has 0 aromatic heterocycles. The minimum absolute atomic E-state index is 0.0180. The highest BCUT2D eigenvalue weighted by Crippen LogP contribution is 2.23. The molecule has 1 amide bonds. The van der Waals surface area contributed by atoms with Crippen molar-refractivity contribution in [3.05, 3.63) is 29.6 Å². The predicted molar refractivity (Wildman–Crippen MR) is 81.2 cm³/mol. The van der Waals surface area contributed by atoms with Crippen molar-refractivity contribution in [1.82, 2.24) is 5.32 Å². The average Bonchev–Trinajstić information content (AvgIpc) is 3.02. The molecule has 0 unspecified atom stereocenters. The van der Waals surface area contributed by atoms with Crippen molar-refractivity contribution < 1.29 is 18.7 Å². The van der Waals surface area contributed by atoms with Gasteiger partial charge >= 0.3 is 5.97 Å². The van der Waals surface area contributed by atoms with Gasteiger partial charge in [0.1, 0.15) is 5.82 Å². The molecule has 0 bridgehead atoms. The summed E-state index contributed by atoms with van der Waals surface area (Å²) in [6.07, 6.45) is 4.91. The molecular weight excluding hydrogens is 287 g/mol. The fourth-order valence-corrected chi connectivity index (χ4v) is 2.66. The van der Waals surface area contributed by atoms with Gasteiger partial charge in [-0.15, -0.1) is 0 Å². The van der Waals surface area contributed by atoms with Crippen molar-refractivity contribution in [2.45, 2.75) is 25.7 Å². The summed E-state index contributed by atoms with van der Waals surface area (Å²) in [5.74, 6) is -0.863. The van der Waals surface area contributed by atoms with Gasteiger partial charge in [-0.05, 0) is 43.5 Å². The van der Waals surface area contributed by atoms with E-state index in [2.05, 4.69) is 15.4 Å². The van der Waals surface area contributed by atoms with Gasteiger partial charge in [0.05, 0.1) is 24.9 Å². The zero-order valence-corrected chi connectivity index (χ0v) is 12.7. The van der Waals surface area contributed by atoms with E-state index in [9.17, 15) is 14.0 Å². The maximum absolute atomic E-state index is 13.7. The Kier molecular flexibility index (Phi) is 5.89. The van der Waals surface area contributed by atoms with Gasteiger partial charge in [0, 0.05) is 0 Å². The first kappa shape index (κ1) is 16.4. The Bertz CT molecular complexity index is 542. The van der Waals surface area contributed by atoms with E-state index >= 15 is 0 Å². The monoisotopic (exact) mass is 308 g/mol. The summed E-state index contributed by atoms with van der Waals surface area (Å²) in [5.41, 5.74) is 0.175. The van der Waals surface area contributed by atoms with Crippen LogP contribution in [0.25, 0.3) is 0 Å². The zero-order chi connectivity index (χ0) is 15.9. The molecule has 0 heterocycles. The van der Waals surface area contributed by atoms with Gasteiger partial charge in [0.25, 0.3) is 0 Å².